The summed E-state index contributed by atoms with van der Waals surface area (Å²) < 4.78 is 28.5. The first-order valence-corrected chi connectivity index (χ1v) is 8.03. The van der Waals surface area contributed by atoms with E-state index in [4.69, 9.17) is 0 Å². The van der Waals surface area contributed by atoms with Crippen LogP contribution in [-0.2, 0) is 23.5 Å². The molecule has 21 heavy (non-hydrogen) atoms. The lowest BCUT2D eigenvalue weighted by molar-refractivity contribution is 0.580. The molecule has 0 spiro atoms. The summed E-state index contributed by atoms with van der Waals surface area (Å²) in [6.07, 6.45) is 3.48. The summed E-state index contributed by atoms with van der Waals surface area (Å²) in [4.78, 5) is 8.27. The van der Waals surface area contributed by atoms with E-state index in [1.807, 2.05) is 6.92 Å². The predicted octanol–water partition coefficient (Wildman–Crippen LogP) is 0.163. The molecule has 2 aromatic heterocycles. The van der Waals surface area contributed by atoms with E-state index in [2.05, 4.69) is 25.1 Å². The van der Waals surface area contributed by atoms with Gasteiger partial charge in [-0.2, -0.15) is 5.10 Å². The minimum atomic E-state index is -3.56. The molecule has 8 nitrogen and oxygen atoms in total. The molecule has 0 aliphatic rings. The third-order valence-corrected chi connectivity index (χ3v) is 4.15. The molecule has 0 aromatic carbocycles. The van der Waals surface area contributed by atoms with Crippen molar-refractivity contribution in [1.82, 2.24) is 24.5 Å². The molecule has 2 rings (SSSR count). The maximum Gasteiger partial charge on any atom is 0.240 e. The second kappa shape index (κ2) is 6.64. The number of hydrogen-bond acceptors (Lipinski definition) is 6. The number of anilines is 1. The van der Waals surface area contributed by atoms with E-state index in [1.54, 1.807) is 18.1 Å². The van der Waals surface area contributed by atoms with Crippen LogP contribution in [0.25, 0.3) is 0 Å². The smallest absolute Gasteiger partial charge is 0.240 e. The quantitative estimate of drug-likeness (QED) is 0.755. The molecule has 0 saturated carbocycles. The number of aryl methyl sites for hydroxylation is 1. The molecule has 0 aliphatic heterocycles. The SMILES string of the molecule is CCNc1cc(S(=O)(=O)NCCc2ncn(C)n2)ccn1. The van der Waals surface area contributed by atoms with Gasteiger partial charge in [0, 0.05) is 38.8 Å². The highest BCUT2D eigenvalue weighted by Crippen LogP contribution is 2.12. The van der Waals surface area contributed by atoms with Crippen molar-refractivity contribution in [2.45, 2.75) is 18.2 Å². The summed E-state index contributed by atoms with van der Waals surface area (Å²) in [5, 5.41) is 7.07. The van der Waals surface area contributed by atoms with E-state index in [0.717, 1.165) is 0 Å². The molecular formula is C12H18N6O2S. The Labute approximate surface area is 123 Å². The van der Waals surface area contributed by atoms with Gasteiger partial charge in [0.05, 0.1) is 4.90 Å². The Morgan fingerprint density at radius 2 is 2.14 bits per heavy atom. The van der Waals surface area contributed by atoms with Crippen LogP contribution in [0.15, 0.2) is 29.6 Å². The number of sulfonamides is 1. The fourth-order valence-electron chi connectivity index (χ4n) is 1.74. The van der Waals surface area contributed by atoms with Crippen molar-refractivity contribution in [1.29, 1.82) is 0 Å². The van der Waals surface area contributed by atoms with Gasteiger partial charge in [0.2, 0.25) is 10.0 Å². The minimum Gasteiger partial charge on any atom is -0.370 e. The van der Waals surface area contributed by atoms with Crippen LogP contribution in [-0.4, -0.2) is 41.3 Å². The molecule has 0 unspecified atom stereocenters. The Kier molecular flexibility index (Phi) is 4.86. The van der Waals surface area contributed by atoms with E-state index in [0.29, 0.717) is 24.6 Å². The molecule has 2 heterocycles. The Morgan fingerprint density at radius 3 is 2.81 bits per heavy atom. The first kappa shape index (κ1) is 15.4. The van der Waals surface area contributed by atoms with Gasteiger partial charge in [0.1, 0.15) is 12.1 Å². The fourth-order valence-corrected chi connectivity index (χ4v) is 2.78. The molecule has 114 valence electrons. The summed E-state index contributed by atoms with van der Waals surface area (Å²) in [5.41, 5.74) is 0. The average molecular weight is 310 g/mol. The van der Waals surface area contributed by atoms with Crippen molar-refractivity contribution in [2.24, 2.45) is 7.05 Å². The lowest BCUT2D eigenvalue weighted by Gasteiger charge is -2.07. The van der Waals surface area contributed by atoms with E-state index >= 15 is 0 Å². The lowest BCUT2D eigenvalue weighted by atomic mass is 10.4. The topological polar surface area (TPSA) is 102 Å². The highest BCUT2D eigenvalue weighted by molar-refractivity contribution is 7.89. The Bertz CT molecular complexity index is 697. The second-order valence-electron chi connectivity index (χ2n) is 4.39. The van der Waals surface area contributed by atoms with E-state index in [1.165, 1.54) is 18.3 Å². The third kappa shape index (κ3) is 4.23. The monoisotopic (exact) mass is 310 g/mol. The lowest BCUT2D eigenvalue weighted by Crippen LogP contribution is -2.26. The fraction of sp³-hybridized carbons (Fsp3) is 0.417. The second-order valence-corrected chi connectivity index (χ2v) is 6.16. The first-order chi connectivity index (χ1) is 10.0. The Hall–Kier alpha value is -2.00. The summed E-state index contributed by atoms with van der Waals surface area (Å²) in [6.45, 7) is 2.83. The van der Waals surface area contributed by atoms with Crippen LogP contribution in [0.2, 0.25) is 0 Å². The minimum absolute atomic E-state index is 0.183. The number of hydrogen-bond donors (Lipinski definition) is 2. The van der Waals surface area contributed by atoms with Gasteiger partial charge in [-0.3, -0.25) is 4.68 Å². The van der Waals surface area contributed by atoms with Crippen LogP contribution in [0, 0.1) is 0 Å². The molecule has 9 heteroatoms. The van der Waals surface area contributed by atoms with Gasteiger partial charge in [-0.15, -0.1) is 0 Å². The first-order valence-electron chi connectivity index (χ1n) is 6.55. The Balaban J connectivity index is 1.99. The van der Waals surface area contributed by atoms with Gasteiger partial charge in [0.25, 0.3) is 0 Å². The number of rotatable bonds is 7. The molecule has 0 aliphatic carbocycles. The van der Waals surface area contributed by atoms with Crippen molar-refractivity contribution < 1.29 is 8.42 Å². The summed E-state index contributed by atoms with van der Waals surface area (Å²) >= 11 is 0. The van der Waals surface area contributed by atoms with Crippen LogP contribution in [0.1, 0.15) is 12.7 Å². The van der Waals surface area contributed by atoms with E-state index in [9.17, 15) is 8.42 Å². The summed E-state index contributed by atoms with van der Waals surface area (Å²) in [7, 11) is -1.79. The van der Waals surface area contributed by atoms with Gasteiger partial charge in [-0.25, -0.2) is 23.1 Å². The number of nitrogens with one attached hydrogen (secondary N) is 2. The van der Waals surface area contributed by atoms with Gasteiger partial charge in [-0.05, 0) is 13.0 Å². The van der Waals surface area contributed by atoms with Gasteiger partial charge < -0.3 is 5.32 Å². The summed E-state index contributed by atoms with van der Waals surface area (Å²) in [5.74, 6) is 1.13. The van der Waals surface area contributed by atoms with Crippen molar-refractivity contribution in [2.75, 3.05) is 18.4 Å². The van der Waals surface area contributed by atoms with Gasteiger partial charge in [0.15, 0.2) is 5.82 Å². The number of aromatic nitrogens is 4. The van der Waals surface area contributed by atoms with Gasteiger partial charge >= 0.3 is 0 Å². The maximum absolute atomic E-state index is 12.2. The van der Waals surface area contributed by atoms with E-state index < -0.39 is 10.0 Å². The predicted molar refractivity (Wildman–Crippen MR) is 78.3 cm³/mol. The van der Waals surface area contributed by atoms with Crippen LogP contribution in [0.4, 0.5) is 5.82 Å². The van der Waals surface area contributed by atoms with Crippen molar-refractivity contribution in [3.05, 3.63) is 30.5 Å². The van der Waals surface area contributed by atoms with Crippen LogP contribution in [0.5, 0.6) is 0 Å². The number of pyridine rings is 1. The normalized spacial score (nSPS) is 11.5. The molecule has 0 radical (unpaired) electrons. The molecule has 0 saturated heterocycles. The van der Waals surface area contributed by atoms with Crippen LogP contribution in [0.3, 0.4) is 0 Å². The standard InChI is InChI=1S/C12H18N6O2S/c1-3-13-12-8-10(4-6-14-12)21(19,20)16-7-5-11-15-9-18(2)17-11/h4,6,8-9,16H,3,5,7H2,1-2H3,(H,13,14). The van der Waals surface area contributed by atoms with E-state index in [-0.39, 0.29) is 11.4 Å². The summed E-state index contributed by atoms with van der Waals surface area (Å²) in [6, 6.07) is 2.97. The van der Waals surface area contributed by atoms with Crippen LogP contribution < -0.4 is 10.0 Å². The highest BCUT2D eigenvalue weighted by Gasteiger charge is 2.14. The molecule has 0 bridgehead atoms. The largest absolute Gasteiger partial charge is 0.370 e. The molecule has 2 N–H and O–H groups in total. The zero-order valence-corrected chi connectivity index (χ0v) is 12.8. The molecule has 0 fully saturated rings. The molecule has 0 atom stereocenters. The molecule has 2 aromatic rings. The van der Waals surface area contributed by atoms with Crippen molar-refractivity contribution >= 4 is 15.8 Å². The zero-order valence-electron chi connectivity index (χ0n) is 11.9. The Morgan fingerprint density at radius 1 is 1.33 bits per heavy atom. The number of nitrogens with zero attached hydrogens (tertiary/aromatic N) is 4. The molecule has 0 amide bonds. The molecular weight excluding hydrogens is 292 g/mol. The maximum atomic E-state index is 12.2. The average Bonchev–Trinajstić information content (AvgIpc) is 2.85. The van der Waals surface area contributed by atoms with Gasteiger partial charge in [-0.1, -0.05) is 0 Å². The van der Waals surface area contributed by atoms with Crippen molar-refractivity contribution in [3.63, 3.8) is 0 Å². The van der Waals surface area contributed by atoms with Crippen molar-refractivity contribution in [3.8, 4) is 0 Å². The van der Waals surface area contributed by atoms with Crippen LogP contribution >= 0.6 is 0 Å². The third-order valence-electron chi connectivity index (χ3n) is 2.69. The zero-order chi connectivity index (χ0) is 15.3. The highest BCUT2D eigenvalue weighted by atomic mass is 32.2.